The number of rotatable bonds is 10. The largest absolute Gasteiger partial charge is 0.479 e. The fourth-order valence-electron chi connectivity index (χ4n) is 2.23. The van der Waals surface area contributed by atoms with Crippen LogP contribution < -0.4 is 15.0 Å². The van der Waals surface area contributed by atoms with Gasteiger partial charge in [-0.15, -0.1) is 0 Å². The Labute approximate surface area is 182 Å². The monoisotopic (exact) mass is 459 g/mol. The zero-order chi connectivity index (χ0) is 23.0. The molecule has 168 valence electrons. The fourth-order valence-corrected chi connectivity index (χ4v) is 2.44. The molecule has 1 atom stereocenters. The van der Waals surface area contributed by atoms with Crippen molar-refractivity contribution in [2.45, 2.75) is 26.1 Å². The number of carbonyl (C=O) groups excluding carboxylic acids is 1. The number of allylic oxidation sites excluding steroid dienone is 1. The number of hydrogen-bond donors (Lipinski definition) is 1. The van der Waals surface area contributed by atoms with Crippen molar-refractivity contribution in [1.29, 1.82) is 0 Å². The number of hydrogen-bond acceptors (Lipinski definition) is 6. The van der Waals surface area contributed by atoms with Crippen molar-refractivity contribution in [3.8, 4) is 17.2 Å². The number of carbonyl (C=O) groups is 1. The highest BCUT2D eigenvalue weighted by atomic mass is 35.5. The van der Waals surface area contributed by atoms with E-state index < -0.39 is 23.8 Å². The van der Waals surface area contributed by atoms with Crippen LogP contribution in [0.25, 0.3) is 0 Å². The molecule has 0 radical (unpaired) electrons. The highest BCUT2D eigenvalue weighted by Crippen LogP contribution is 2.36. The molecule has 0 saturated heterocycles. The molecular weight excluding hydrogens is 439 g/mol. The highest BCUT2D eigenvalue weighted by Gasteiger charge is 2.31. The number of hydroxylamine groups is 1. The molecule has 0 aliphatic carbocycles. The summed E-state index contributed by atoms with van der Waals surface area (Å²) in [4.78, 5) is 17.0. The van der Waals surface area contributed by atoms with Gasteiger partial charge in [0.05, 0.1) is 10.6 Å². The van der Waals surface area contributed by atoms with Crippen molar-refractivity contribution < 1.29 is 37.0 Å². The zero-order valence-electron chi connectivity index (χ0n) is 16.8. The van der Waals surface area contributed by atoms with Gasteiger partial charge in [0, 0.05) is 11.8 Å². The van der Waals surface area contributed by atoms with E-state index >= 15 is 0 Å². The molecule has 0 bridgehead atoms. The molecule has 31 heavy (non-hydrogen) atoms. The summed E-state index contributed by atoms with van der Waals surface area (Å²) in [6, 6.07) is 9.00. The predicted octanol–water partition coefficient (Wildman–Crippen LogP) is 5.52. The van der Waals surface area contributed by atoms with Crippen molar-refractivity contribution in [2.24, 2.45) is 0 Å². The van der Waals surface area contributed by atoms with E-state index in [-0.39, 0.29) is 29.7 Å². The first kappa shape index (κ1) is 24.4. The molecule has 0 amide bonds. The molecule has 0 aliphatic heterocycles. The minimum absolute atomic E-state index is 0.0163. The van der Waals surface area contributed by atoms with Gasteiger partial charge in [0.1, 0.15) is 30.5 Å². The van der Waals surface area contributed by atoms with Gasteiger partial charge in [-0.2, -0.15) is 13.2 Å². The first-order chi connectivity index (χ1) is 14.6. The van der Waals surface area contributed by atoms with Crippen LogP contribution in [-0.4, -0.2) is 25.3 Å². The minimum atomic E-state index is -4.51. The molecule has 0 heterocycles. The maximum absolute atomic E-state index is 12.7. The average molecular weight is 460 g/mol. The van der Waals surface area contributed by atoms with Crippen molar-refractivity contribution in [1.82, 2.24) is 5.48 Å². The van der Waals surface area contributed by atoms with Gasteiger partial charge in [-0.25, -0.2) is 4.79 Å². The predicted molar refractivity (Wildman–Crippen MR) is 108 cm³/mol. The molecule has 0 spiro atoms. The second-order valence-electron chi connectivity index (χ2n) is 6.38. The number of alkyl halides is 3. The Morgan fingerprint density at radius 2 is 1.87 bits per heavy atom. The lowest BCUT2D eigenvalue weighted by molar-refractivity contribution is -0.153. The number of halogens is 4. The van der Waals surface area contributed by atoms with Gasteiger partial charge < -0.3 is 14.2 Å². The summed E-state index contributed by atoms with van der Waals surface area (Å²) in [6.45, 7) is 6.95. The summed E-state index contributed by atoms with van der Waals surface area (Å²) < 4.78 is 54.4. The maximum atomic E-state index is 12.7. The number of esters is 1. The lowest BCUT2D eigenvalue weighted by Crippen LogP contribution is -2.28. The van der Waals surface area contributed by atoms with Gasteiger partial charge in [-0.1, -0.05) is 24.2 Å². The second kappa shape index (κ2) is 10.9. The van der Waals surface area contributed by atoms with Gasteiger partial charge in [-0.3, -0.25) is 10.3 Å². The van der Waals surface area contributed by atoms with Crippen molar-refractivity contribution in [3.05, 3.63) is 65.3 Å². The van der Waals surface area contributed by atoms with Crippen LogP contribution in [0.15, 0.2) is 54.7 Å². The Bertz CT molecular complexity index is 920. The highest BCUT2D eigenvalue weighted by molar-refractivity contribution is 6.32. The Kier molecular flexibility index (Phi) is 8.58. The molecule has 1 N–H and O–H groups in total. The van der Waals surface area contributed by atoms with Gasteiger partial charge >= 0.3 is 12.1 Å². The van der Waals surface area contributed by atoms with Gasteiger partial charge in [0.25, 0.3) is 0 Å². The van der Waals surface area contributed by atoms with E-state index in [1.807, 2.05) is 0 Å². The Morgan fingerprint density at radius 1 is 1.16 bits per heavy atom. The lowest BCUT2D eigenvalue weighted by atomic mass is 10.2. The molecule has 2 aromatic rings. The summed E-state index contributed by atoms with van der Waals surface area (Å²) in [5.41, 5.74) is 2.27. The van der Waals surface area contributed by atoms with Crippen molar-refractivity contribution in [3.63, 3.8) is 0 Å². The third-order valence-corrected chi connectivity index (χ3v) is 3.91. The molecule has 6 nitrogen and oxygen atoms in total. The molecule has 0 aromatic heterocycles. The Hall–Kier alpha value is -2.91. The summed E-state index contributed by atoms with van der Waals surface area (Å²) in [5.74, 6) is 0.00264. The van der Waals surface area contributed by atoms with Crippen LogP contribution in [0.5, 0.6) is 17.2 Å². The third-order valence-electron chi connectivity index (χ3n) is 3.61. The normalized spacial score (nSPS) is 12.1. The molecular formula is C21H21ClF3NO5. The Morgan fingerprint density at radius 3 is 2.52 bits per heavy atom. The quantitative estimate of drug-likeness (QED) is 0.287. The zero-order valence-corrected chi connectivity index (χ0v) is 17.5. The second-order valence-corrected chi connectivity index (χ2v) is 6.79. The van der Waals surface area contributed by atoms with Gasteiger partial charge in [-0.05, 0) is 44.2 Å². The van der Waals surface area contributed by atoms with Crippen LogP contribution in [0.3, 0.4) is 0 Å². The summed E-state index contributed by atoms with van der Waals surface area (Å²) in [5, 5.41) is -0.193. The van der Waals surface area contributed by atoms with Gasteiger partial charge in [0.15, 0.2) is 6.10 Å². The van der Waals surface area contributed by atoms with Crippen LogP contribution in [0, 0.1) is 0 Å². The molecule has 10 heteroatoms. The fraction of sp³-hybridized carbons (Fsp3) is 0.286. The van der Waals surface area contributed by atoms with E-state index in [0.717, 1.165) is 18.2 Å². The van der Waals surface area contributed by atoms with E-state index in [2.05, 4.69) is 12.1 Å². The number of benzene rings is 2. The topological polar surface area (TPSA) is 66.0 Å². The number of nitrogens with one attached hydrogen (secondary N) is 1. The minimum Gasteiger partial charge on any atom is -0.479 e. The summed E-state index contributed by atoms with van der Waals surface area (Å²) in [7, 11) is 0. The standard InChI is InChI=1S/C21H21ClF3NO5/c1-13(2)26-29-10-9-28-20(27)14(3)30-16-5-4-6-17(12-16)31-19-8-7-15(11-18(19)22)21(23,24)25/h4-8,11-12,14,26H,1,9-10H2,2-3H3. The van der Waals surface area contributed by atoms with E-state index in [4.69, 9.17) is 30.6 Å². The van der Waals surface area contributed by atoms with Crippen molar-refractivity contribution >= 4 is 17.6 Å². The van der Waals surface area contributed by atoms with E-state index in [9.17, 15) is 18.0 Å². The van der Waals surface area contributed by atoms with E-state index in [0.29, 0.717) is 11.4 Å². The van der Waals surface area contributed by atoms with Crippen LogP contribution >= 0.6 is 11.6 Å². The molecule has 1 unspecified atom stereocenters. The van der Waals surface area contributed by atoms with E-state index in [1.54, 1.807) is 25.1 Å². The molecule has 0 aliphatic rings. The third kappa shape index (κ3) is 8.03. The summed E-state index contributed by atoms with van der Waals surface area (Å²) in [6.07, 6.45) is -5.42. The molecule has 0 fully saturated rings. The van der Waals surface area contributed by atoms with Crippen LogP contribution in [0.2, 0.25) is 5.02 Å². The van der Waals surface area contributed by atoms with Gasteiger partial charge in [0.2, 0.25) is 0 Å². The van der Waals surface area contributed by atoms with E-state index in [1.165, 1.54) is 13.0 Å². The maximum Gasteiger partial charge on any atom is 0.416 e. The SMILES string of the molecule is C=C(C)NOCCOC(=O)C(C)Oc1cccc(Oc2ccc(C(F)(F)F)cc2Cl)c1. The molecule has 2 aromatic carbocycles. The van der Waals surface area contributed by atoms with Crippen LogP contribution in [0.1, 0.15) is 19.4 Å². The van der Waals surface area contributed by atoms with Crippen LogP contribution in [-0.2, 0) is 20.5 Å². The first-order valence-electron chi connectivity index (χ1n) is 9.07. The van der Waals surface area contributed by atoms with Crippen molar-refractivity contribution in [2.75, 3.05) is 13.2 Å². The lowest BCUT2D eigenvalue weighted by Gasteiger charge is -2.15. The van der Waals surface area contributed by atoms with Crippen LogP contribution in [0.4, 0.5) is 13.2 Å². The molecule has 0 saturated carbocycles. The smallest absolute Gasteiger partial charge is 0.416 e. The molecule has 2 rings (SSSR count). The average Bonchev–Trinajstić information content (AvgIpc) is 2.68. The first-order valence-corrected chi connectivity index (χ1v) is 9.45. The Balaban J connectivity index is 1.93. The number of ether oxygens (including phenoxy) is 3. The summed E-state index contributed by atoms with van der Waals surface area (Å²) >= 11 is 5.90.